The molecule has 0 aliphatic rings. The summed E-state index contributed by atoms with van der Waals surface area (Å²) in [5.74, 6) is 0.964. The Labute approximate surface area is 132 Å². The van der Waals surface area contributed by atoms with Gasteiger partial charge in [-0.05, 0) is 38.4 Å². The number of aryl methyl sites for hydroxylation is 1. The normalized spacial score (nSPS) is 12.3. The Morgan fingerprint density at radius 2 is 2.10 bits per heavy atom. The van der Waals surface area contributed by atoms with Crippen molar-refractivity contribution >= 4 is 11.8 Å². The van der Waals surface area contributed by atoms with Gasteiger partial charge in [0.25, 0.3) is 0 Å². The average Bonchev–Trinajstić information content (AvgIpc) is 2.51. The average molecular weight is 300 g/mol. The minimum Gasteiger partial charge on any atom is -0.310 e. The maximum atomic E-state index is 4.57. The van der Waals surface area contributed by atoms with E-state index in [2.05, 4.69) is 61.4 Å². The van der Waals surface area contributed by atoms with Crippen LogP contribution in [0.5, 0.6) is 0 Å². The molecule has 2 rings (SSSR count). The molecule has 0 amide bonds. The van der Waals surface area contributed by atoms with Gasteiger partial charge in [-0.25, -0.2) is 4.98 Å². The van der Waals surface area contributed by atoms with Crippen LogP contribution in [0.2, 0.25) is 0 Å². The number of hydrogen-bond donors (Lipinski definition) is 1. The highest BCUT2D eigenvalue weighted by Gasteiger charge is 2.11. The van der Waals surface area contributed by atoms with Crippen LogP contribution in [0.3, 0.4) is 0 Å². The fourth-order valence-electron chi connectivity index (χ4n) is 2.28. The van der Waals surface area contributed by atoms with Crippen molar-refractivity contribution in [1.82, 2.24) is 10.3 Å². The molecule has 1 heterocycles. The molecule has 0 aliphatic heterocycles. The van der Waals surface area contributed by atoms with E-state index in [1.165, 1.54) is 16.7 Å². The summed E-state index contributed by atoms with van der Waals surface area (Å²) in [6, 6.07) is 13.2. The van der Waals surface area contributed by atoms with Gasteiger partial charge >= 0.3 is 0 Å². The van der Waals surface area contributed by atoms with E-state index in [0.717, 1.165) is 23.7 Å². The van der Waals surface area contributed by atoms with Crippen LogP contribution < -0.4 is 5.32 Å². The molecule has 0 spiro atoms. The largest absolute Gasteiger partial charge is 0.310 e. The van der Waals surface area contributed by atoms with Crippen molar-refractivity contribution in [2.75, 3.05) is 6.54 Å². The fourth-order valence-corrected chi connectivity index (χ4v) is 3.31. The number of nitrogens with one attached hydrogen (secondary N) is 1. The lowest BCUT2D eigenvalue weighted by atomic mass is 10.1. The Kier molecular flexibility index (Phi) is 6.27. The molecule has 0 aliphatic carbocycles. The Morgan fingerprint density at radius 3 is 2.86 bits per heavy atom. The monoisotopic (exact) mass is 300 g/mol. The van der Waals surface area contributed by atoms with Gasteiger partial charge in [0.05, 0.1) is 0 Å². The molecule has 21 heavy (non-hydrogen) atoms. The molecule has 1 aromatic carbocycles. The summed E-state index contributed by atoms with van der Waals surface area (Å²) >= 11 is 1.82. The van der Waals surface area contributed by atoms with Gasteiger partial charge in [-0.1, -0.05) is 42.8 Å². The molecule has 112 valence electrons. The van der Waals surface area contributed by atoms with Gasteiger partial charge in [-0.3, -0.25) is 0 Å². The minimum absolute atomic E-state index is 0.346. The lowest BCUT2D eigenvalue weighted by Gasteiger charge is -2.16. The van der Waals surface area contributed by atoms with Gasteiger partial charge in [-0.15, -0.1) is 11.8 Å². The van der Waals surface area contributed by atoms with Crippen LogP contribution in [0.15, 0.2) is 47.6 Å². The number of nitrogens with zero attached hydrogens (tertiary/aromatic N) is 1. The molecule has 1 unspecified atom stereocenters. The fraction of sp³-hybridized carbons (Fsp3) is 0.389. The van der Waals surface area contributed by atoms with Crippen LogP contribution in [0.25, 0.3) is 0 Å². The third kappa shape index (κ3) is 4.87. The Bertz CT molecular complexity index is 569. The molecule has 1 aromatic heterocycles. The van der Waals surface area contributed by atoms with Gasteiger partial charge < -0.3 is 5.32 Å². The second-order valence-electron chi connectivity index (χ2n) is 5.35. The molecule has 0 bridgehead atoms. The molecule has 0 fully saturated rings. The Hall–Kier alpha value is -1.32. The van der Waals surface area contributed by atoms with E-state index >= 15 is 0 Å². The first-order valence-electron chi connectivity index (χ1n) is 7.57. The van der Waals surface area contributed by atoms with E-state index in [1.54, 1.807) is 0 Å². The Morgan fingerprint density at radius 1 is 1.24 bits per heavy atom. The summed E-state index contributed by atoms with van der Waals surface area (Å²) < 4.78 is 0. The van der Waals surface area contributed by atoms with Crippen molar-refractivity contribution in [2.24, 2.45) is 0 Å². The SMILES string of the molecule is CCCNC(C)c1cccnc1SCc1cccc(C)c1. The van der Waals surface area contributed by atoms with Gasteiger partial charge in [0, 0.05) is 23.6 Å². The van der Waals surface area contributed by atoms with Gasteiger partial charge in [-0.2, -0.15) is 0 Å². The highest BCUT2D eigenvalue weighted by Crippen LogP contribution is 2.28. The van der Waals surface area contributed by atoms with Crippen molar-refractivity contribution in [3.05, 3.63) is 59.3 Å². The topological polar surface area (TPSA) is 24.9 Å². The first-order chi connectivity index (χ1) is 10.2. The van der Waals surface area contributed by atoms with Crippen LogP contribution in [0.1, 0.15) is 43.0 Å². The minimum atomic E-state index is 0.346. The summed E-state index contributed by atoms with van der Waals surface area (Å²) in [7, 11) is 0. The molecular weight excluding hydrogens is 276 g/mol. The Balaban J connectivity index is 2.06. The van der Waals surface area contributed by atoms with Crippen LogP contribution in [0, 0.1) is 6.92 Å². The second kappa shape index (κ2) is 8.20. The third-order valence-electron chi connectivity index (χ3n) is 3.43. The number of thioether (sulfide) groups is 1. The number of hydrogen-bond acceptors (Lipinski definition) is 3. The van der Waals surface area contributed by atoms with E-state index in [9.17, 15) is 0 Å². The number of aromatic nitrogens is 1. The van der Waals surface area contributed by atoms with Crippen LogP contribution >= 0.6 is 11.8 Å². The summed E-state index contributed by atoms with van der Waals surface area (Å²) in [4.78, 5) is 4.57. The van der Waals surface area contributed by atoms with Crippen LogP contribution in [0.4, 0.5) is 0 Å². The predicted molar refractivity (Wildman–Crippen MR) is 91.7 cm³/mol. The summed E-state index contributed by atoms with van der Waals surface area (Å²) in [5.41, 5.74) is 3.96. The molecule has 1 N–H and O–H groups in total. The maximum absolute atomic E-state index is 4.57. The molecule has 3 heteroatoms. The predicted octanol–water partition coefficient (Wildman–Crippen LogP) is 4.74. The summed E-state index contributed by atoms with van der Waals surface area (Å²) in [6.07, 6.45) is 3.03. The second-order valence-corrected chi connectivity index (χ2v) is 6.32. The van der Waals surface area contributed by atoms with Gasteiger partial charge in [0.1, 0.15) is 5.03 Å². The van der Waals surface area contributed by atoms with Gasteiger partial charge in [0.15, 0.2) is 0 Å². The molecule has 0 saturated carbocycles. The van der Waals surface area contributed by atoms with Crippen molar-refractivity contribution in [2.45, 2.75) is 44.0 Å². The molecule has 2 aromatic rings. The zero-order chi connectivity index (χ0) is 15.1. The lowest BCUT2D eigenvalue weighted by Crippen LogP contribution is -2.20. The molecular formula is C18H24N2S. The smallest absolute Gasteiger partial charge is 0.101 e. The molecule has 2 nitrogen and oxygen atoms in total. The third-order valence-corrected chi connectivity index (χ3v) is 4.52. The standard InChI is InChI=1S/C18H24N2S/c1-4-10-19-15(3)17-9-6-11-20-18(17)21-13-16-8-5-7-14(2)12-16/h5-9,11-12,15,19H,4,10,13H2,1-3H3. The van der Waals surface area contributed by atoms with E-state index in [4.69, 9.17) is 0 Å². The number of rotatable bonds is 7. The molecule has 0 saturated heterocycles. The summed E-state index contributed by atoms with van der Waals surface area (Å²) in [6.45, 7) is 7.58. The van der Waals surface area contributed by atoms with E-state index in [-0.39, 0.29) is 0 Å². The zero-order valence-corrected chi connectivity index (χ0v) is 13.9. The van der Waals surface area contributed by atoms with Crippen LogP contribution in [-0.4, -0.2) is 11.5 Å². The van der Waals surface area contributed by atoms with E-state index in [0.29, 0.717) is 6.04 Å². The lowest BCUT2D eigenvalue weighted by molar-refractivity contribution is 0.560. The highest BCUT2D eigenvalue weighted by molar-refractivity contribution is 7.98. The van der Waals surface area contributed by atoms with Crippen LogP contribution in [-0.2, 0) is 5.75 Å². The van der Waals surface area contributed by atoms with E-state index < -0.39 is 0 Å². The quantitative estimate of drug-likeness (QED) is 0.747. The first kappa shape index (κ1) is 16.1. The van der Waals surface area contributed by atoms with Crippen molar-refractivity contribution in [3.8, 4) is 0 Å². The molecule has 1 atom stereocenters. The van der Waals surface area contributed by atoms with Gasteiger partial charge in [0.2, 0.25) is 0 Å². The number of pyridine rings is 1. The van der Waals surface area contributed by atoms with Crippen molar-refractivity contribution in [3.63, 3.8) is 0 Å². The van der Waals surface area contributed by atoms with Crippen molar-refractivity contribution in [1.29, 1.82) is 0 Å². The van der Waals surface area contributed by atoms with Crippen molar-refractivity contribution < 1.29 is 0 Å². The highest BCUT2D eigenvalue weighted by atomic mass is 32.2. The first-order valence-corrected chi connectivity index (χ1v) is 8.56. The summed E-state index contributed by atoms with van der Waals surface area (Å²) in [5, 5.41) is 4.68. The zero-order valence-electron chi connectivity index (χ0n) is 13.1. The molecule has 0 radical (unpaired) electrons. The van der Waals surface area contributed by atoms with E-state index in [1.807, 2.05) is 24.0 Å². The maximum Gasteiger partial charge on any atom is 0.101 e. The number of benzene rings is 1.